The summed E-state index contributed by atoms with van der Waals surface area (Å²) in [6.07, 6.45) is -4.40. The Morgan fingerprint density at radius 1 is 1.45 bits per heavy atom. The second-order valence-electron chi connectivity index (χ2n) is 4.50. The number of aromatic nitrogens is 1. The molecule has 1 atom stereocenters. The van der Waals surface area contributed by atoms with Gasteiger partial charge in [0.15, 0.2) is 0 Å². The van der Waals surface area contributed by atoms with Crippen LogP contribution < -0.4 is 0 Å². The van der Waals surface area contributed by atoms with Crippen LogP contribution in [0.1, 0.15) is 18.1 Å². The number of aliphatic hydroxyl groups is 1. The number of nitriles is 1. The van der Waals surface area contributed by atoms with E-state index in [9.17, 15) is 23.1 Å². The molecule has 116 valence electrons. The van der Waals surface area contributed by atoms with Crippen molar-refractivity contribution in [1.29, 1.82) is 5.26 Å². The van der Waals surface area contributed by atoms with Gasteiger partial charge in [0, 0.05) is 22.7 Å². The molecule has 8 heteroatoms. The molecule has 0 unspecified atom stereocenters. The summed E-state index contributed by atoms with van der Waals surface area (Å²) in [7, 11) is 0. The number of nitrogens with one attached hydrogen (secondary N) is 1. The van der Waals surface area contributed by atoms with Gasteiger partial charge in [-0.25, -0.2) is 4.79 Å². The third-order valence-electron chi connectivity index (χ3n) is 3.18. The summed E-state index contributed by atoms with van der Waals surface area (Å²) in [6.45, 7) is 1.01. The quantitative estimate of drug-likeness (QED) is 0.852. The smallest absolute Gasteiger partial charge is 0.432 e. The second-order valence-corrected chi connectivity index (χ2v) is 4.50. The van der Waals surface area contributed by atoms with Gasteiger partial charge in [-0.2, -0.15) is 18.4 Å². The van der Waals surface area contributed by atoms with Gasteiger partial charge in [-0.15, -0.1) is 0 Å². The number of rotatable bonds is 3. The normalized spacial score (nSPS) is 14.4. The Balaban J connectivity index is 2.73. The van der Waals surface area contributed by atoms with Crippen LogP contribution in [0, 0.1) is 11.3 Å². The number of hydrogen-bond acceptors (Lipinski definition) is 4. The van der Waals surface area contributed by atoms with Crippen LogP contribution >= 0.6 is 0 Å². The van der Waals surface area contributed by atoms with Crippen LogP contribution in [0.3, 0.4) is 0 Å². The Morgan fingerprint density at radius 2 is 2.14 bits per heavy atom. The van der Waals surface area contributed by atoms with Crippen LogP contribution in [0.5, 0.6) is 0 Å². The van der Waals surface area contributed by atoms with Crippen LogP contribution in [0.2, 0.25) is 0 Å². The summed E-state index contributed by atoms with van der Waals surface area (Å²) in [6, 6.07) is 5.74. The molecule has 0 amide bonds. The Hall–Kier alpha value is -2.53. The van der Waals surface area contributed by atoms with Gasteiger partial charge >= 0.3 is 12.1 Å². The molecule has 1 heterocycles. The number of benzene rings is 1. The zero-order chi connectivity index (χ0) is 16.5. The van der Waals surface area contributed by atoms with Crippen molar-refractivity contribution in [2.75, 3.05) is 6.61 Å². The lowest BCUT2D eigenvalue weighted by atomic mass is 9.92. The van der Waals surface area contributed by atoms with Gasteiger partial charge < -0.3 is 14.8 Å². The van der Waals surface area contributed by atoms with Gasteiger partial charge in [-0.05, 0) is 25.1 Å². The fourth-order valence-corrected chi connectivity index (χ4v) is 2.10. The lowest BCUT2D eigenvalue weighted by molar-refractivity contribution is -0.267. The van der Waals surface area contributed by atoms with Crippen LogP contribution in [-0.4, -0.2) is 28.8 Å². The number of fused-ring (bicyclic) bond motifs is 1. The van der Waals surface area contributed by atoms with E-state index in [-0.39, 0.29) is 23.1 Å². The van der Waals surface area contributed by atoms with Crippen molar-refractivity contribution in [2.24, 2.45) is 0 Å². The van der Waals surface area contributed by atoms with Crippen molar-refractivity contribution < 1.29 is 27.8 Å². The summed E-state index contributed by atoms with van der Waals surface area (Å²) in [4.78, 5) is 14.3. The van der Waals surface area contributed by atoms with Gasteiger partial charge in [0.2, 0.25) is 0 Å². The number of carbonyl (C=O) groups excluding carboxylic acids is 1. The number of esters is 1. The number of aromatic amines is 1. The van der Waals surface area contributed by atoms with Gasteiger partial charge in [0.1, 0.15) is 0 Å². The predicted molar refractivity (Wildman–Crippen MR) is 69.6 cm³/mol. The predicted octanol–water partition coefficient (Wildman–Crippen LogP) is 2.35. The van der Waals surface area contributed by atoms with Crippen molar-refractivity contribution >= 4 is 16.9 Å². The molecule has 2 N–H and O–H groups in total. The Kier molecular flexibility index (Phi) is 3.85. The zero-order valence-electron chi connectivity index (χ0n) is 11.4. The van der Waals surface area contributed by atoms with Crippen molar-refractivity contribution in [3.05, 3.63) is 35.5 Å². The minimum atomic E-state index is -5.28. The van der Waals surface area contributed by atoms with Crippen LogP contribution in [0.25, 0.3) is 10.9 Å². The molecule has 2 aromatic rings. The monoisotopic (exact) mass is 312 g/mol. The average Bonchev–Trinajstić information content (AvgIpc) is 2.88. The maximum absolute atomic E-state index is 13.3. The molecular weight excluding hydrogens is 301 g/mol. The molecule has 0 saturated carbocycles. The molecule has 0 fully saturated rings. The number of H-pyrrole nitrogens is 1. The number of alkyl halides is 3. The Morgan fingerprint density at radius 3 is 2.68 bits per heavy atom. The van der Waals surface area contributed by atoms with E-state index in [1.807, 2.05) is 0 Å². The molecular formula is C14H11F3N2O3. The first-order valence-electron chi connectivity index (χ1n) is 6.23. The number of nitrogens with zero attached hydrogens (tertiary/aromatic N) is 1. The molecule has 0 aliphatic heterocycles. The molecule has 0 radical (unpaired) electrons. The van der Waals surface area contributed by atoms with E-state index >= 15 is 0 Å². The Labute approximate surface area is 122 Å². The lowest BCUT2D eigenvalue weighted by Crippen LogP contribution is -2.50. The number of halogens is 3. The van der Waals surface area contributed by atoms with Crippen molar-refractivity contribution in [3.8, 4) is 6.07 Å². The van der Waals surface area contributed by atoms with E-state index in [1.165, 1.54) is 19.1 Å². The molecule has 1 aromatic heterocycles. The molecule has 2 rings (SSSR count). The minimum absolute atomic E-state index is 0.0769. The molecule has 0 spiro atoms. The average molecular weight is 312 g/mol. The van der Waals surface area contributed by atoms with Crippen molar-refractivity contribution in [1.82, 2.24) is 4.98 Å². The lowest BCUT2D eigenvalue weighted by Gasteiger charge is -2.27. The fourth-order valence-electron chi connectivity index (χ4n) is 2.10. The largest absolute Gasteiger partial charge is 0.463 e. The summed E-state index contributed by atoms with van der Waals surface area (Å²) in [5.41, 5.74) is -4.16. The van der Waals surface area contributed by atoms with Crippen LogP contribution in [-0.2, 0) is 15.1 Å². The first-order chi connectivity index (χ1) is 10.3. The van der Waals surface area contributed by atoms with E-state index in [2.05, 4.69) is 9.72 Å². The highest BCUT2D eigenvalue weighted by Crippen LogP contribution is 2.42. The first-order valence-corrected chi connectivity index (χ1v) is 6.23. The summed E-state index contributed by atoms with van der Waals surface area (Å²) in [5, 5.41) is 18.8. The fraction of sp³-hybridized carbons (Fsp3) is 0.286. The van der Waals surface area contributed by atoms with Gasteiger partial charge in [0.25, 0.3) is 5.60 Å². The SMILES string of the molecule is CCOC(=O)[C@](O)(c1c[nH]c2ccc(C#N)cc12)C(F)(F)F. The number of hydrogen-bond donors (Lipinski definition) is 2. The van der Waals surface area contributed by atoms with E-state index < -0.39 is 23.3 Å². The maximum atomic E-state index is 13.3. The molecule has 5 nitrogen and oxygen atoms in total. The third-order valence-corrected chi connectivity index (χ3v) is 3.18. The topological polar surface area (TPSA) is 86.1 Å². The summed E-state index contributed by atoms with van der Waals surface area (Å²) >= 11 is 0. The number of carbonyl (C=O) groups is 1. The minimum Gasteiger partial charge on any atom is -0.463 e. The molecule has 0 aliphatic rings. The van der Waals surface area contributed by atoms with E-state index in [4.69, 9.17) is 5.26 Å². The third kappa shape index (κ3) is 2.29. The zero-order valence-corrected chi connectivity index (χ0v) is 11.4. The highest BCUT2D eigenvalue weighted by Gasteiger charge is 2.63. The van der Waals surface area contributed by atoms with Crippen molar-refractivity contribution in [2.45, 2.75) is 18.7 Å². The first kappa shape index (κ1) is 15.9. The van der Waals surface area contributed by atoms with E-state index in [1.54, 1.807) is 6.07 Å². The molecule has 22 heavy (non-hydrogen) atoms. The van der Waals surface area contributed by atoms with Gasteiger partial charge in [-0.3, -0.25) is 0 Å². The summed E-state index contributed by atoms with van der Waals surface area (Å²) in [5.74, 6) is -1.81. The highest BCUT2D eigenvalue weighted by atomic mass is 19.4. The molecule has 0 bridgehead atoms. The van der Waals surface area contributed by atoms with Gasteiger partial charge in [-0.1, -0.05) is 0 Å². The van der Waals surface area contributed by atoms with Crippen LogP contribution in [0.4, 0.5) is 13.2 Å². The molecule has 1 aromatic carbocycles. The number of ether oxygens (including phenoxy) is 1. The summed E-state index contributed by atoms with van der Waals surface area (Å²) < 4.78 is 44.3. The molecule has 0 saturated heterocycles. The molecule has 0 aliphatic carbocycles. The Bertz CT molecular complexity index is 761. The second kappa shape index (κ2) is 5.35. The van der Waals surface area contributed by atoms with Crippen molar-refractivity contribution in [3.63, 3.8) is 0 Å². The maximum Gasteiger partial charge on any atom is 0.432 e. The standard InChI is InChI=1S/C14H11F3N2O3/c1-2-22-12(20)13(21,14(15,16)17)10-7-19-11-4-3-8(6-18)5-9(10)11/h3-5,7,19,21H,2H2,1H3/t13-/m1/s1. The van der Waals surface area contributed by atoms with Crippen LogP contribution in [0.15, 0.2) is 24.4 Å². The highest BCUT2D eigenvalue weighted by molar-refractivity contribution is 5.92. The van der Waals surface area contributed by atoms with E-state index in [0.29, 0.717) is 0 Å². The van der Waals surface area contributed by atoms with E-state index in [0.717, 1.165) is 12.3 Å². The van der Waals surface area contributed by atoms with Gasteiger partial charge in [0.05, 0.1) is 18.2 Å².